The molecular formula is C14H19N7O4. The van der Waals surface area contributed by atoms with Gasteiger partial charge in [-0.2, -0.15) is 10.2 Å². The van der Waals surface area contributed by atoms with Crippen molar-refractivity contribution < 1.29 is 14.5 Å². The smallest absolute Gasteiger partial charge is 0.320 e. The lowest BCUT2D eigenvalue weighted by Gasteiger charge is -2.13. The van der Waals surface area contributed by atoms with E-state index in [1.54, 1.807) is 21.0 Å². The van der Waals surface area contributed by atoms with Gasteiger partial charge in [0.1, 0.15) is 11.9 Å². The lowest BCUT2D eigenvalue weighted by Crippen LogP contribution is -2.27. The highest BCUT2D eigenvalue weighted by Gasteiger charge is 2.28. The van der Waals surface area contributed by atoms with Crippen molar-refractivity contribution in [3.8, 4) is 0 Å². The van der Waals surface area contributed by atoms with Crippen molar-refractivity contribution in [1.82, 2.24) is 24.5 Å². The van der Waals surface area contributed by atoms with Crippen molar-refractivity contribution >= 4 is 23.2 Å². The number of amides is 2. The summed E-state index contributed by atoms with van der Waals surface area (Å²) in [4.78, 5) is 36.7. The van der Waals surface area contributed by atoms with Crippen LogP contribution in [0.5, 0.6) is 0 Å². The molecule has 11 nitrogen and oxygen atoms in total. The Morgan fingerprint density at radius 1 is 1.16 bits per heavy atom. The molecule has 25 heavy (non-hydrogen) atoms. The predicted octanol–water partition coefficient (Wildman–Crippen LogP) is 0.982. The van der Waals surface area contributed by atoms with Gasteiger partial charge in [0.2, 0.25) is 5.69 Å². The van der Waals surface area contributed by atoms with E-state index < -0.39 is 16.5 Å². The SMILES string of the molecule is CCn1ncc(NC(=O)c2c([N+](=O)[O-])cnn2CC)c1C(=O)N(C)C. The topological polar surface area (TPSA) is 128 Å². The van der Waals surface area contributed by atoms with Crippen molar-refractivity contribution in [1.29, 1.82) is 0 Å². The van der Waals surface area contributed by atoms with Crippen molar-refractivity contribution in [2.75, 3.05) is 19.4 Å². The number of aryl methyl sites for hydroxylation is 2. The average Bonchev–Trinajstić information content (AvgIpc) is 3.17. The van der Waals surface area contributed by atoms with Crippen LogP contribution in [0.4, 0.5) is 11.4 Å². The number of anilines is 1. The van der Waals surface area contributed by atoms with Gasteiger partial charge in [-0.1, -0.05) is 0 Å². The normalized spacial score (nSPS) is 10.6. The zero-order valence-corrected chi connectivity index (χ0v) is 14.4. The second-order valence-electron chi connectivity index (χ2n) is 5.33. The summed E-state index contributed by atoms with van der Waals surface area (Å²) in [6.45, 7) is 4.23. The largest absolute Gasteiger partial charge is 0.343 e. The van der Waals surface area contributed by atoms with E-state index in [1.807, 2.05) is 6.92 Å². The molecule has 2 heterocycles. The van der Waals surface area contributed by atoms with E-state index in [1.165, 1.54) is 20.5 Å². The highest BCUT2D eigenvalue weighted by atomic mass is 16.6. The van der Waals surface area contributed by atoms with Crippen molar-refractivity contribution in [3.63, 3.8) is 0 Å². The van der Waals surface area contributed by atoms with Crippen LogP contribution >= 0.6 is 0 Å². The highest BCUT2D eigenvalue weighted by molar-refractivity contribution is 6.09. The number of rotatable bonds is 6. The van der Waals surface area contributed by atoms with E-state index >= 15 is 0 Å². The Kier molecular flexibility index (Phi) is 5.15. The van der Waals surface area contributed by atoms with E-state index in [2.05, 4.69) is 15.5 Å². The summed E-state index contributed by atoms with van der Waals surface area (Å²) in [6.07, 6.45) is 2.37. The van der Waals surface area contributed by atoms with Crippen LogP contribution in [0.3, 0.4) is 0 Å². The number of nitro groups is 1. The Hall–Kier alpha value is -3.24. The van der Waals surface area contributed by atoms with Gasteiger partial charge in [-0.15, -0.1) is 0 Å². The molecule has 2 aromatic heterocycles. The quantitative estimate of drug-likeness (QED) is 0.611. The Bertz CT molecular complexity index is 821. The zero-order chi connectivity index (χ0) is 18.7. The minimum absolute atomic E-state index is 0.181. The van der Waals surface area contributed by atoms with Gasteiger partial charge in [-0.3, -0.25) is 29.1 Å². The number of hydrogen-bond acceptors (Lipinski definition) is 6. The second kappa shape index (κ2) is 7.11. The second-order valence-corrected chi connectivity index (χ2v) is 5.33. The number of carbonyl (C=O) groups is 2. The first kappa shape index (κ1) is 18.1. The third-order valence-corrected chi connectivity index (χ3v) is 3.53. The fraction of sp³-hybridized carbons (Fsp3) is 0.429. The van der Waals surface area contributed by atoms with Crippen LogP contribution in [0, 0.1) is 10.1 Å². The average molecular weight is 349 g/mol. The van der Waals surface area contributed by atoms with E-state index in [0.717, 1.165) is 6.20 Å². The van der Waals surface area contributed by atoms with Crippen molar-refractivity contribution in [3.05, 3.63) is 33.9 Å². The molecule has 0 aliphatic heterocycles. The van der Waals surface area contributed by atoms with Gasteiger partial charge < -0.3 is 10.2 Å². The number of hydrogen-bond donors (Lipinski definition) is 1. The molecule has 2 aromatic rings. The number of nitrogens with zero attached hydrogens (tertiary/aromatic N) is 6. The van der Waals surface area contributed by atoms with E-state index in [0.29, 0.717) is 6.54 Å². The summed E-state index contributed by atoms with van der Waals surface area (Å²) in [5, 5.41) is 21.6. The molecule has 2 amide bonds. The van der Waals surface area contributed by atoms with E-state index in [9.17, 15) is 19.7 Å². The monoisotopic (exact) mass is 349 g/mol. The Morgan fingerprint density at radius 2 is 1.72 bits per heavy atom. The minimum Gasteiger partial charge on any atom is -0.343 e. The van der Waals surface area contributed by atoms with Gasteiger partial charge >= 0.3 is 5.69 Å². The molecule has 0 saturated heterocycles. The van der Waals surface area contributed by atoms with Crippen LogP contribution in [0.15, 0.2) is 12.4 Å². The first-order chi connectivity index (χ1) is 11.8. The molecule has 0 bridgehead atoms. The summed E-state index contributed by atoms with van der Waals surface area (Å²) in [5.41, 5.74) is -0.197. The molecule has 0 aromatic carbocycles. The summed E-state index contributed by atoms with van der Waals surface area (Å²) in [7, 11) is 3.16. The Balaban J connectivity index is 2.43. The molecule has 0 unspecified atom stereocenters. The van der Waals surface area contributed by atoms with Crippen LogP contribution in [0.25, 0.3) is 0 Å². The van der Waals surface area contributed by atoms with Crippen LogP contribution in [0.2, 0.25) is 0 Å². The van der Waals surface area contributed by atoms with Gasteiger partial charge in [0.25, 0.3) is 11.8 Å². The van der Waals surface area contributed by atoms with Gasteiger partial charge in [-0.25, -0.2) is 0 Å². The van der Waals surface area contributed by atoms with Crippen LogP contribution in [-0.4, -0.2) is 55.3 Å². The Morgan fingerprint density at radius 3 is 2.24 bits per heavy atom. The fourth-order valence-electron chi connectivity index (χ4n) is 2.32. The van der Waals surface area contributed by atoms with E-state index in [4.69, 9.17) is 0 Å². The molecule has 0 aliphatic carbocycles. The molecule has 0 radical (unpaired) electrons. The molecule has 0 atom stereocenters. The molecule has 1 N–H and O–H groups in total. The summed E-state index contributed by atoms with van der Waals surface area (Å²) in [5.74, 6) is -1.07. The molecule has 0 fully saturated rings. The lowest BCUT2D eigenvalue weighted by atomic mass is 10.3. The first-order valence-electron chi connectivity index (χ1n) is 7.60. The van der Waals surface area contributed by atoms with Crippen molar-refractivity contribution in [2.45, 2.75) is 26.9 Å². The minimum atomic E-state index is -0.727. The molecule has 2 rings (SSSR count). The first-order valence-corrected chi connectivity index (χ1v) is 7.60. The number of carbonyl (C=O) groups excluding carboxylic acids is 2. The molecule has 0 aliphatic rings. The summed E-state index contributed by atoms with van der Waals surface area (Å²) < 4.78 is 2.68. The highest BCUT2D eigenvalue weighted by Crippen LogP contribution is 2.22. The van der Waals surface area contributed by atoms with Crippen LogP contribution in [0.1, 0.15) is 34.8 Å². The van der Waals surface area contributed by atoms with E-state index in [-0.39, 0.29) is 29.5 Å². The Labute approximate surface area is 143 Å². The fourth-order valence-corrected chi connectivity index (χ4v) is 2.32. The van der Waals surface area contributed by atoms with Gasteiger partial charge in [-0.05, 0) is 13.8 Å². The molecule has 0 spiro atoms. The summed E-state index contributed by atoms with van der Waals surface area (Å²) in [6, 6.07) is 0. The zero-order valence-electron chi connectivity index (χ0n) is 14.4. The standard InChI is InChI=1S/C14H19N7O4/c1-5-19-11(14(23)18(3)4)9(7-15-19)17-13(22)12-10(21(24)25)8-16-20(12)6-2/h7-8H,5-6H2,1-4H3,(H,17,22). The predicted molar refractivity (Wildman–Crippen MR) is 88.4 cm³/mol. The summed E-state index contributed by atoms with van der Waals surface area (Å²) >= 11 is 0. The number of nitrogens with one attached hydrogen (secondary N) is 1. The molecule has 134 valence electrons. The molecular weight excluding hydrogens is 330 g/mol. The third kappa shape index (κ3) is 3.34. The van der Waals surface area contributed by atoms with Crippen LogP contribution < -0.4 is 5.32 Å². The lowest BCUT2D eigenvalue weighted by molar-refractivity contribution is -0.385. The van der Waals surface area contributed by atoms with Gasteiger partial charge in [0.15, 0.2) is 0 Å². The maximum absolute atomic E-state index is 12.6. The van der Waals surface area contributed by atoms with Crippen molar-refractivity contribution in [2.24, 2.45) is 0 Å². The number of aromatic nitrogens is 4. The molecule has 0 saturated carbocycles. The maximum atomic E-state index is 12.6. The van der Waals surface area contributed by atoms with Gasteiger partial charge in [0, 0.05) is 27.2 Å². The van der Waals surface area contributed by atoms with Crippen LogP contribution in [-0.2, 0) is 13.1 Å². The molecule has 11 heteroatoms. The van der Waals surface area contributed by atoms with Gasteiger partial charge in [0.05, 0.1) is 16.8 Å². The maximum Gasteiger partial charge on any atom is 0.320 e. The third-order valence-electron chi connectivity index (χ3n) is 3.53.